The van der Waals surface area contributed by atoms with Crippen molar-refractivity contribution in [1.29, 1.82) is 0 Å². The number of carbonyl (C=O) groups excluding carboxylic acids is 1. The maximum absolute atomic E-state index is 12.8. The summed E-state index contributed by atoms with van der Waals surface area (Å²) in [4.78, 5) is 12.8. The summed E-state index contributed by atoms with van der Waals surface area (Å²) in [5, 5.41) is 11.2. The first-order valence-electron chi connectivity index (χ1n) is 8.38. The molecule has 0 aliphatic rings. The van der Waals surface area contributed by atoms with Gasteiger partial charge in [0, 0.05) is 12.8 Å². The topological polar surface area (TPSA) is 69.0 Å². The van der Waals surface area contributed by atoms with Crippen LogP contribution in [0.1, 0.15) is 32.9 Å². The Balaban J connectivity index is 1.97. The molecule has 6 nitrogen and oxygen atoms in total. The molecule has 0 saturated heterocycles. The van der Waals surface area contributed by atoms with Gasteiger partial charge in [-0.25, -0.2) is 4.68 Å². The molecule has 0 saturated carbocycles. The van der Waals surface area contributed by atoms with Crippen molar-refractivity contribution in [3.63, 3.8) is 0 Å². The Morgan fingerprint density at radius 1 is 1.12 bits per heavy atom. The number of nitrogens with zero attached hydrogens (tertiary/aromatic N) is 3. The number of aryl methyl sites for hydroxylation is 3. The highest BCUT2D eigenvalue weighted by atomic mass is 16.5. The summed E-state index contributed by atoms with van der Waals surface area (Å²) in [6, 6.07) is 13.8. The number of methoxy groups -OCH3 is 1. The number of anilines is 1. The molecule has 0 atom stereocenters. The molecule has 3 rings (SSSR count). The van der Waals surface area contributed by atoms with Crippen LogP contribution in [0.5, 0.6) is 0 Å². The number of hydrogen-bond acceptors (Lipinski definition) is 4. The number of rotatable bonds is 5. The molecular formula is C20H22N4O2. The summed E-state index contributed by atoms with van der Waals surface area (Å²) in [6.07, 6.45) is 0. The molecule has 0 aliphatic carbocycles. The molecule has 3 aromatic rings. The van der Waals surface area contributed by atoms with Crippen molar-refractivity contribution in [2.75, 3.05) is 12.4 Å². The summed E-state index contributed by atoms with van der Waals surface area (Å²) in [5.74, 6) is -0.301. The van der Waals surface area contributed by atoms with Gasteiger partial charge in [-0.3, -0.25) is 4.79 Å². The molecule has 26 heavy (non-hydrogen) atoms. The Morgan fingerprint density at radius 2 is 1.88 bits per heavy atom. The Bertz CT molecular complexity index is 947. The fourth-order valence-corrected chi connectivity index (χ4v) is 2.76. The van der Waals surface area contributed by atoms with E-state index in [0.717, 1.165) is 28.1 Å². The number of amides is 1. The standard InChI is InChI=1S/C20H22N4O2/c1-13-6-5-7-16(10-13)24-18(12-26-4)19(22-23-24)20(25)21-17-11-14(2)8-9-15(17)3/h5-11H,12H2,1-4H3,(H,21,25). The van der Waals surface area contributed by atoms with Gasteiger partial charge in [-0.15, -0.1) is 5.10 Å². The van der Waals surface area contributed by atoms with Crippen LogP contribution in [-0.2, 0) is 11.3 Å². The molecular weight excluding hydrogens is 328 g/mol. The highest BCUT2D eigenvalue weighted by Gasteiger charge is 2.21. The van der Waals surface area contributed by atoms with E-state index in [4.69, 9.17) is 4.74 Å². The predicted octanol–water partition coefficient (Wildman–Crippen LogP) is 3.59. The van der Waals surface area contributed by atoms with E-state index in [1.807, 2.05) is 63.2 Å². The predicted molar refractivity (Wildman–Crippen MR) is 101 cm³/mol. The molecule has 2 aromatic carbocycles. The molecule has 1 heterocycles. The van der Waals surface area contributed by atoms with Crippen LogP contribution >= 0.6 is 0 Å². The second-order valence-electron chi connectivity index (χ2n) is 6.34. The minimum atomic E-state index is -0.301. The van der Waals surface area contributed by atoms with E-state index < -0.39 is 0 Å². The smallest absolute Gasteiger partial charge is 0.278 e. The van der Waals surface area contributed by atoms with Gasteiger partial charge in [0.2, 0.25) is 0 Å². The first-order valence-corrected chi connectivity index (χ1v) is 8.38. The van der Waals surface area contributed by atoms with Crippen molar-refractivity contribution < 1.29 is 9.53 Å². The number of carbonyl (C=O) groups is 1. The van der Waals surface area contributed by atoms with Crippen LogP contribution in [0.2, 0.25) is 0 Å². The molecule has 0 spiro atoms. The monoisotopic (exact) mass is 350 g/mol. The SMILES string of the molecule is COCc1c(C(=O)Nc2cc(C)ccc2C)nnn1-c1cccc(C)c1. The minimum Gasteiger partial charge on any atom is -0.378 e. The van der Waals surface area contributed by atoms with Gasteiger partial charge in [-0.05, 0) is 55.7 Å². The Labute approximate surface area is 152 Å². The van der Waals surface area contributed by atoms with Crippen molar-refractivity contribution in [1.82, 2.24) is 15.0 Å². The van der Waals surface area contributed by atoms with E-state index in [-0.39, 0.29) is 18.2 Å². The van der Waals surface area contributed by atoms with Crippen molar-refractivity contribution in [2.24, 2.45) is 0 Å². The number of nitrogens with one attached hydrogen (secondary N) is 1. The lowest BCUT2D eigenvalue weighted by molar-refractivity contribution is 0.101. The lowest BCUT2D eigenvalue weighted by atomic mass is 10.1. The molecule has 1 aromatic heterocycles. The lowest BCUT2D eigenvalue weighted by Gasteiger charge is -2.10. The molecule has 1 N–H and O–H groups in total. The number of hydrogen-bond donors (Lipinski definition) is 1. The largest absolute Gasteiger partial charge is 0.378 e. The second-order valence-corrected chi connectivity index (χ2v) is 6.34. The Kier molecular flexibility index (Phi) is 5.14. The maximum Gasteiger partial charge on any atom is 0.278 e. The third kappa shape index (κ3) is 3.65. The number of aromatic nitrogens is 3. The van der Waals surface area contributed by atoms with E-state index in [0.29, 0.717) is 5.69 Å². The maximum atomic E-state index is 12.8. The first-order chi connectivity index (χ1) is 12.5. The van der Waals surface area contributed by atoms with Gasteiger partial charge in [0.1, 0.15) is 5.69 Å². The third-order valence-corrected chi connectivity index (χ3v) is 4.15. The molecule has 1 amide bonds. The van der Waals surface area contributed by atoms with E-state index in [1.165, 1.54) is 0 Å². The van der Waals surface area contributed by atoms with Crippen LogP contribution < -0.4 is 5.32 Å². The van der Waals surface area contributed by atoms with Crippen molar-refractivity contribution in [2.45, 2.75) is 27.4 Å². The van der Waals surface area contributed by atoms with Gasteiger partial charge in [0.05, 0.1) is 12.3 Å². The molecule has 0 aliphatic heterocycles. The molecule has 6 heteroatoms. The molecule has 0 unspecified atom stereocenters. The summed E-state index contributed by atoms with van der Waals surface area (Å²) in [6.45, 7) is 6.18. The molecule has 0 radical (unpaired) electrons. The second kappa shape index (κ2) is 7.49. The van der Waals surface area contributed by atoms with Crippen LogP contribution in [0.4, 0.5) is 5.69 Å². The van der Waals surface area contributed by atoms with E-state index in [2.05, 4.69) is 15.6 Å². The summed E-state index contributed by atoms with van der Waals surface area (Å²) >= 11 is 0. The van der Waals surface area contributed by atoms with Crippen LogP contribution in [0.15, 0.2) is 42.5 Å². The van der Waals surface area contributed by atoms with Crippen molar-refractivity contribution in [3.8, 4) is 5.69 Å². The van der Waals surface area contributed by atoms with Crippen LogP contribution in [-0.4, -0.2) is 28.0 Å². The highest BCUT2D eigenvalue weighted by Crippen LogP contribution is 2.20. The zero-order valence-electron chi connectivity index (χ0n) is 15.4. The average Bonchev–Trinajstić information content (AvgIpc) is 3.02. The Morgan fingerprint density at radius 3 is 2.62 bits per heavy atom. The van der Waals surface area contributed by atoms with Gasteiger partial charge in [-0.2, -0.15) is 0 Å². The first kappa shape index (κ1) is 17.8. The fourth-order valence-electron chi connectivity index (χ4n) is 2.76. The summed E-state index contributed by atoms with van der Waals surface area (Å²) in [5.41, 5.74) is 5.64. The zero-order chi connectivity index (χ0) is 18.7. The average molecular weight is 350 g/mol. The number of ether oxygens (including phenoxy) is 1. The minimum absolute atomic E-state index is 0.233. The normalized spacial score (nSPS) is 10.8. The van der Waals surface area contributed by atoms with Crippen molar-refractivity contribution >= 4 is 11.6 Å². The van der Waals surface area contributed by atoms with E-state index in [1.54, 1.807) is 11.8 Å². The molecule has 0 bridgehead atoms. The van der Waals surface area contributed by atoms with E-state index >= 15 is 0 Å². The van der Waals surface area contributed by atoms with Gasteiger partial charge < -0.3 is 10.1 Å². The van der Waals surface area contributed by atoms with Crippen molar-refractivity contribution in [3.05, 3.63) is 70.5 Å². The van der Waals surface area contributed by atoms with Crippen LogP contribution in [0.25, 0.3) is 5.69 Å². The third-order valence-electron chi connectivity index (χ3n) is 4.15. The molecule has 0 fully saturated rings. The van der Waals surface area contributed by atoms with Gasteiger partial charge in [-0.1, -0.05) is 29.5 Å². The van der Waals surface area contributed by atoms with Crippen LogP contribution in [0.3, 0.4) is 0 Å². The fraction of sp³-hybridized carbons (Fsp3) is 0.250. The van der Waals surface area contributed by atoms with E-state index in [9.17, 15) is 4.79 Å². The lowest BCUT2D eigenvalue weighted by Crippen LogP contribution is -2.16. The molecule has 134 valence electrons. The Hall–Kier alpha value is -2.99. The van der Waals surface area contributed by atoms with Gasteiger partial charge in [0.15, 0.2) is 5.69 Å². The number of benzene rings is 2. The van der Waals surface area contributed by atoms with Crippen LogP contribution in [0, 0.1) is 20.8 Å². The highest BCUT2D eigenvalue weighted by molar-refractivity contribution is 6.04. The quantitative estimate of drug-likeness (QED) is 0.763. The zero-order valence-corrected chi connectivity index (χ0v) is 15.4. The summed E-state index contributed by atoms with van der Waals surface area (Å²) < 4.78 is 6.93. The summed E-state index contributed by atoms with van der Waals surface area (Å²) in [7, 11) is 1.58. The van der Waals surface area contributed by atoms with Gasteiger partial charge in [0.25, 0.3) is 5.91 Å². The van der Waals surface area contributed by atoms with Gasteiger partial charge >= 0.3 is 0 Å².